The van der Waals surface area contributed by atoms with Gasteiger partial charge in [0.05, 0.1) is 11.4 Å². The fourth-order valence-electron chi connectivity index (χ4n) is 4.10. The predicted octanol–water partition coefficient (Wildman–Crippen LogP) is 2.77. The molecule has 2 aromatic rings. The summed E-state index contributed by atoms with van der Waals surface area (Å²) in [6.07, 6.45) is 6.29. The molecule has 0 radical (unpaired) electrons. The standard InChI is InChI=1S/C20H25N3O2/c24-18-6-5-16-10-15(12-21-19(16)11-18)13-22-7-3-4-17(14-22)20(25)23-8-1-2-9-23/h5-6,10-12,17,24H,1-4,7-9,13-14H2/t17-/m1/s1. The van der Waals surface area contributed by atoms with Crippen LogP contribution in [-0.2, 0) is 11.3 Å². The van der Waals surface area contributed by atoms with E-state index in [0.29, 0.717) is 5.91 Å². The van der Waals surface area contributed by atoms with Crippen molar-refractivity contribution in [2.75, 3.05) is 26.2 Å². The number of hydrogen-bond donors (Lipinski definition) is 1. The average Bonchev–Trinajstić information content (AvgIpc) is 3.16. The molecular formula is C20H25N3O2. The van der Waals surface area contributed by atoms with Crippen molar-refractivity contribution in [2.45, 2.75) is 32.2 Å². The normalized spacial score (nSPS) is 21.8. The summed E-state index contributed by atoms with van der Waals surface area (Å²) in [4.78, 5) is 21.6. The summed E-state index contributed by atoms with van der Waals surface area (Å²) in [5, 5.41) is 10.6. The number of piperidine rings is 1. The number of benzene rings is 1. The molecule has 0 spiro atoms. The molecular weight excluding hydrogens is 314 g/mol. The van der Waals surface area contributed by atoms with Gasteiger partial charge in [-0.05, 0) is 56.0 Å². The van der Waals surface area contributed by atoms with Gasteiger partial charge in [-0.3, -0.25) is 14.7 Å². The van der Waals surface area contributed by atoms with Gasteiger partial charge in [-0.25, -0.2) is 0 Å². The molecule has 0 saturated carbocycles. The van der Waals surface area contributed by atoms with Crippen LogP contribution in [0.4, 0.5) is 0 Å². The Morgan fingerprint density at radius 3 is 2.84 bits per heavy atom. The molecule has 25 heavy (non-hydrogen) atoms. The Bertz CT molecular complexity index is 771. The van der Waals surface area contributed by atoms with E-state index in [1.807, 2.05) is 12.3 Å². The highest BCUT2D eigenvalue weighted by atomic mass is 16.3. The zero-order valence-corrected chi connectivity index (χ0v) is 14.5. The highest BCUT2D eigenvalue weighted by Gasteiger charge is 2.30. The van der Waals surface area contributed by atoms with Crippen LogP contribution in [0.2, 0.25) is 0 Å². The lowest BCUT2D eigenvalue weighted by Gasteiger charge is -2.33. The number of amides is 1. The van der Waals surface area contributed by atoms with E-state index in [1.165, 1.54) is 0 Å². The molecule has 1 amide bonds. The number of fused-ring (bicyclic) bond motifs is 1. The van der Waals surface area contributed by atoms with Gasteiger partial charge in [0, 0.05) is 43.8 Å². The predicted molar refractivity (Wildman–Crippen MR) is 97.2 cm³/mol. The Morgan fingerprint density at radius 2 is 2.00 bits per heavy atom. The lowest BCUT2D eigenvalue weighted by Crippen LogP contribution is -2.43. The van der Waals surface area contributed by atoms with Crippen LogP contribution in [-0.4, -0.2) is 52.0 Å². The van der Waals surface area contributed by atoms with Crippen LogP contribution < -0.4 is 0 Å². The number of hydrogen-bond acceptors (Lipinski definition) is 4. The minimum absolute atomic E-state index is 0.150. The van der Waals surface area contributed by atoms with Crippen molar-refractivity contribution in [2.24, 2.45) is 5.92 Å². The van der Waals surface area contributed by atoms with Crippen molar-refractivity contribution in [3.05, 3.63) is 36.0 Å². The van der Waals surface area contributed by atoms with E-state index in [1.54, 1.807) is 12.1 Å². The van der Waals surface area contributed by atoms with Crippen molar-refractivity contribution in [1.29, 1.82) is 0 Å². The first-order valence-electron chi connectivity index (χ1n) is 9.28. The second-order valence-corrected chi connectivity index (χ2v) is 7.33. The monoisotopic (exact) mass is 339 g/mol. The molecule has 132 valence electrons. The van der Waals surface area contributed by atoms with Crippen LogP contribution in [0.3, 0.4) is 0 Å². The van der Waals surface area contributed by atoms with Gasteiger partial charge in [-0.15, -0.1) is 0 Å². The van der Waals surface area contributed by atoms with E-state index in [9.17, 15) is 9.90 Å². The molecule has 5 nitrogen and oxygen atoms in total. The Hall–Kier alpha value is -2.14. The summed E-state index contributed by atoms with van der Waals surface area (Å²) < 4.78 is 0. The van der Waals surface area contributed by atoms with Crippen molar-refractivity contribution in [1.82, 2.24) is 14.8 Å². The maximum Gasteiger partial charge on any atom is 0.226 e. The van der Waals surface area contributed by atoms with E-state index >= 15 is 0 Å². The molecule has 1 aromatic heterocycles. The Kier molecular flexibility index (Phi) is 4.57. The molecule has 0 aliphatic carbocycles. The second kappa shape index (κ2) is 7.00. The van der Waals surface area contributed by atoms with Gasteiger partial charge in [0.25, 0.3) is 0 Å². The average molecular weight is 339 g/mol. The third-order valence-corrected chi connectivity index (χ3v) is 5.40. The number of aromatic nitrogens is 1. The van der Waals surface area contributed by atoms with Crippen LogP contribution >= 0.6 is 0 Å². The molecule has 2 aliphatic rings. The maximum atomic E-state index is 12.7. The topological polar surface area (TPSA) is 56.7 Å². The molecule has 0 bridgehead atoms. The van der Waals surface area contributed by atoms with Crippen molar-refractivity contribution in [3.8, 4) is 5.75 Å². The first-order valence-corrected chi connectivity index (χ1v) is 9.28. The Balaban J connectivity index is 1.43. The van der Waals surface area contributed by atoms with Gasteiger partial charge in [-0.2, -0.15) is 0 Å². The molecule has 1 aromatic carbocycles. The highest BCUT2D eigenvalue weighted by molar-refractivity contribution is 5.80. The van der Waals surface area contributed by atoms with Crippen molar-refractivity contribution >= 4 is 16.8 Å². The van der Waals surface area contributed by atoms with Crippen LogP contribution in [0.5, 0.6) is 5.75 Å². The van der Waals surface area contributed by atoms with Crippen molar-refractivity contribution < 1.29 is 9.90 Å². The first-order chi connectivity index (χ1) is 12.2. The molecule has 1 N–H and O–H groups in total. The minimum atomic E-state index is 0.150. The smallest absolute Gasteiger partial charge is 0.226 e. The summed E-state index contributed by atoms with van der Waals surface area (Å²) in [6, 6.07) is 7.41. The van der Waals surface area contributed by atoms with E-state index in [4.69, 9.17) is 0 Å². The van der Waals surface area contributed by atoms with Gasteiger partial charge in [0.1, 0.15) is 5.75 Å². The van der Waals surface area contributed by atoms with E-state index < -0.39 is 0 Å². The van der Waals surface area contributed by atoms with Crippen LogP contribution in [0, 0.1) is 5.92 Å². The summed E-state index contributed by atoms with van der Waals surface area (Å²) >= 11 is 0. The first kappa shape index (κ1) is 16.3. The third-order valence-electron chi connectivity index (χ3n) is 5.40. The summed E-state index contributed by atoms with van der Waals surface area (Å²) in [5.41, 5.74) is 1.97. The summed E-state index contributed by atoms with van der Waals surface area (Å²) in [5.74, 6) is 0.749. The van der Waals surface area contributed by atoms with Crippen LogP contribution in [0.25, 0.3) is 10.9 Å². The van der Waals surface area contributed by atoms with Gasteiger partial charge in [0.2, 0.25) is 5.91 Å². The quantitative estimate of drug-likeness (QED) is 0.934. The number of likely N-dealkylation sites (tertiary alicyclic amines) is 2. The molecule has 3 heterocycles. The maximum absolute atomic E-state index is 12.7. The van der Waals surface area contributed by atoms with Gasteiger partial charge >= 0.3 is 0 Å². The Morgan fingerprint density at radius 1 is 1.16 bits per heavy atom. The number of phenolic OH excluding ortho intramolecular Hbond substituents is 1. The lowest BCUT2D eigenvalue weighted by molar-refractivity contribution is -0.136. The largest absolute Gasteiger partial charge is 0.508 e. The summed E-state index contributed by atoms with van der Waals surface area (Å²) in [7, 11) is 0. The minimum Gasteiger partial charge on any atom is -0.508 e. The fourth-order valence-corrected chi connectivity index (χ4v) is 4.10. The molecule has 2 aliphatic heterocycles. The third kappa shape index (κ3) is 3.61. The van der Waals surface area contributed by atoms with E-state index in [2.05, 4.69) is 20.9 Å². The number of nitrogens with zero attached hydrogens (tertiary/aromatic N) is 3. The van der Waals surface area contributed by atoms with Gasteiger partial charge in [-0.1, -0.05) is 0 Å². The van der Waals surface area contributed by atoms with Crippen LogP contribution in [0.15, 0.2) is 30.5 Å². The number of carbonyl (C=O) groups is 1. The molecule has 2 saturated heterocycles. The van der Waals surface area contributed by atoms with E-state index in [0.717, 1.165) is 74.9 Å². The van der Waals surface area contributed by atoms with Gasteiger partial charge in [0.15, 0.2) is 0 Å². The molecule has 4 rings (SSSR count). The molecule has 5 heteroatoms. The SMILES string of the molecule is O=C([C@@H]1CCCN(Cc2cnc3cc(O)ccc3c2)C1)N1CCCC1. The van der Waals surface area contributed by atoms with Crippen molar-refractivity contribution in [3.63, 3.8) is 0 Å². The Labute approximate surface area is 148 Å². The molecule has 1 atom stereocenters. The molecule has 0 unspecified atom stereocenters. The van der Waals surface area contributed by atoms with E-state index in [-0.39, 0.29) is 11.7 Å². The second-order valence-electron chi connectivity index (χ2n) is 7.33. The van der Waals surface area contributed by atoms with Crippen LogP contribution in [0.1, 0.15) is 31.2 Å². The number of carbonyl (C=O) groups excluding carboxylic acids is 1. The number of aromatic hydroxyl groups is 1. The number of pyridine rings is 1. The zero-order valence-electron chi connectivity index (χ0n) is 14.5. The highest BCUT2D eigenvalue weighted by Crippen LogP contribution is 2.24. The van der Waals surface area contributed by atoms with Gasteiger partial charge < -0.3 is 10.0 Å². The number of phenols is 1. The number of rotatable bonds is 3. The lowest BCUT2D eigenvalue weighted by atomic mass is 9.96. The summed E-state index contributed by atoms with van der Waals surface area (Å²) in [6.45, 7) is 4.60. The molecule has 2 fully saturated rings. The fraction of sp³-hybridized carbons (Fsp3) is 0.500. The zero-order chi connectivity index (χ0) is 17.2.